The summed E-state index contributed by atoms with van der Waals surface area (Å²) in [6, 6.07) is 144. The average Bonchev–Trinajstić information content (AvgIpc) is 0.791. The van der Waals surface area contributed by atoms with Gasteiger partial charge < -0.3 is 48.3 Å². The maximum absolute atomic E-state index is 5.53. The number of rotatable bonds is 21. The minimum absolute atomic E-state index is 0.341. The summed E-state index contributed by atoms with van der Waals surface area (Å²) in [7, 11) is 9.15. The van der Waals surface area contributed by atoms with Crippen LogP contribution < -0.4 is 48.3 Å². The van der Waals surface area contributed by atoms with Crippen LogP contribution >= 0.6 is 0 Å². The lowest BCUT2D eigenvalue weighted by Crippen LogP contribution is -2.29. The van der Waals surface area contributed by atoms with Crippen LogP contribution in [0.25, 0.3) is 21.5 Å². The SMILES string of the molecule is C1=CCC(N(c2ccccc2)c2cccc3ccccc23)C=C1.CCOc1ccc(N(c2ccccc2)c2ccccc2)cc1.CN(C)c1ccc(N(c2ccccc2)c2ccccc2)cc1.COc1ccc(N(c2ccccc2)c2ccc(OC)cc2)cc1.COc1ccc(N(c2ccccc2)c2cccc3ccccc23)cc1. The van der Waals surface area contributed by atoms with Crippen molar-refractivity contribution in [1.82, 2.24) is 0 Å². The molecule has 16 aromatic carbocycles. The van der Waals surface area contributed by atoms with Crippen molar-refractivity contribution in [3.8, 4) is 23.0 Å². The number of methoxy groups -OCH3 is 3. The van der Waals surface area contributed by atoms with Gasteiger partial charge in [-0.15, -0.1) is 0 Å². The first-order valence-corrected chi connectivity index (χ1v) is 38.8. The van der Waals surface area contributed by atoms with E-state index >= 15 is 0 Å². The third-order valence-corrected chi connectivity index (χ3v) is 19.5. The van der Waals surface area contributed by atoms with Crippen molar-refractivity contribution in [2.75, 3.05) is 71.4 Å². The van der Waals surface area contributed by atoms with Gasteiger partial charge in [0.25, 0.3) is 0 Å². The molecule has 10 heteroatoms. The zero-order valence-corrected chi connectivity index (χ0v) is 66.0. The van der Waals surface area contributed by atoms with Gasteiger partial charge in [0.1, 0.15) is 23.0 Å². The summed E-state index contributed by atoms with van der Waals surface area (Å²) in [5.41, 5.74) is 17.2. The Morgan fingerprint density at radius 2 is 0.522 bits per heavy atom. The van der Waals surface area contributed by atoms with Crippen LogP contribution in [-0.2, 0) is 0 Å². The smallest absolute Gasteiger partial charge is 0.119 e. The molecule has 0 heterocycles. The molecule has 16 aromatic rings. The summed E-state index contributed by atoms with van der Waals surface area (Å²) < 4.78 is 21.4. The summed E-state index contributed by atoms with van der Waals surface area (Å²) in [5, 5.41) is 5.03. The van der Waals surface area contributed by atoms with E-state index < -0.39 is 0 Å². The summed E-state index contributed by atoms with van der Waals surface area (Å²) in [6.07, 6.45) is 9.83. The highest BCUT2D eigenvalue weighted by Crippen LogP contribution is 2.43. The van der Waals surface area contributed by atoms with E-state index in [1.54, 1.807) is 21.3 Å². The molecule has 0 saturated heterocycles. The third-order valence-electron chi connectivity index (χ3n) is 19.5. The lowest BCUT2D eigenvalue weighted by atomic mass is 10.0. The van der Waals surface area contributed by atoms with E-state index in [1.807, 2.05) is 104 Å². The predicted octanol–water partition coefficient (Wildman–Crippen LogP) is 28.1. The number of allylic oxidation sites excluding steroid dienone is 2. The number of para-hydroxylation sites is 7. The molecule has 17 rings (SSSR count). The molecular weight excluding hydrogens is 1410 g/mol. The van der Waals surface area contributed by atoms with Crippen molar-refractivity contribution in [2.45, 2.75) is 19.4 Å². The second kappa shape index (κ2) is 40.5. The molecule has 1 aliphatic carbocycles. The minimum Gasteiger partial charge on any atom is -0.497 e. The van der Waals surface area contributed by atoms with E-state index in [-0.39, 0.29) is 0 Å². The Bertz CT molecular complexity index is 5480. The molecule has 0 spiro atoms. The lowest BCUT2D eigenvalue weighted by molar-refractivity contribution is 0.340. The lowest BCUT2D eigenvalue weighted by Gasteiger charge is -2.33. The quantitative estimate of drug-likeness (QED) is 0.0695. The van der Waals surface area contributed by atoms with Crippen LogP contribution in [0, 0.1) is 0 Å². The minimum atomic E-state index is 0.341. The second-order valence-electron chi connectivity index (χ2n) is 27.1. The topological polar surface area (TPSA) is 56.4 Å². The molecule has 0 saturated carbocycles. The van der Waals surface area contributed by atoms with Gasteiger partial charge in [-0.3, -0.25) is 0 Å². The van der Waals surface area contributed by atoms with Gasteiger partial charge in [0.05, 0.1) is 39.7 Å². The van der Waals surface area contributed by atoms with E-state index in [0.29, 0.717) is 12.6 Å². The predicted molar refractivity (Wildman–Crippen MR) is 486 cm³/mol. The highest BCUT2D eigenvalue weighted by Gasteiger charge is 2.22. The van der Waals surface area contributed by atoms with E-state index in [0.717, 1.165) is 97.7 Å². The van der Waals surface area contributed by atoms with Crippen molar-refractivity contribution in [1.29, 1.82) is 0 Å². The molecule has 0 amide bonds. The Hall–Kier alpha value is -14.5. The first-order valence-electron chi connectivity index (χ1n) is 38.8. The number of anilines is 15. The highest BCUT2D eigenvalue weighted by atomic mass is 16.5. The molecular formula is C105H96N6O4. The van der Waals surface area contributed by atoms with Crippen molar-refractivity contribution in [2.24, 2.45) is 0 Å². The number of benzene rings is 16. The second-order valence-corrected chi connectivity index (χ2v) is 27.1. The van der Waals surface area contributed by atoms with Gasteiger partial charge in [0.2, 0.25) is 0 Å². The van der Waals surface area contributed by atoms with Gasteiger partial charge in [-0.1, -0.05) is 224 Å². The molecule has 0 aromatic heterocycles. The fourth-order valence-electron chi connectivity index (χ4n) is 13.9. The van der Waals surface area contributed by atoms with Crippen molar-refractivity contribution < 1.29 is 18.9 Å². The number of hydrogen-bond donors (Lipinski definition) is 0. The van der Waals surface area contributed by atoms with Gasteiger partial charge in [-0.05, 0) is 243 Å². The standard InChI is InChI=1S/C23H19NO.C22H19N.C20H20N2.C20H19NO2.C20H19NO/c1-25-21-16-14-20(15-17-21)24(19-10-3-2-4-11-19)23-13-7-9-18-8-5-6-12-22(18)23;1-3-12-19(13-4-1)23(20-14-5-2-6-15-20)22-17-9-11-18-10-7-8-16-21(18)22;1-21(2)17-13-15-20(16-14-17)22(18-9-5-3-6-10-18)19-11-7-4-8-12-19;1-22-19-12-8-17(9-13-19)21(16-6-4-3-5-7-16)18-10-14-20(23-2)15-11-18;1-2-22-20-15-13-19(14-16-20)21(17-9-5-3-6-10-17)18-11-7-4-8-12-18/h2-17H,1H3;1-14,16-17,20H,15H2;3-16H,1-2H3;3-15H,1-2H3;3-16H,2H2,1H3. The summed E-state index contributed by atoms with van der Waals surface area (Å²) in [4.78, 5) is 13.5. The molecule has 1 aliphatic rings. The molecule has 1 atom stereocenters. The zero-order valence-electron chi connectivity index (χ0n) is 66.0. The van der Waals surface area contributed by atoms with Gasteiger partial charge >= 0.3 is 0 Å². The first kappa shape index (κ1) is 78.6. The van der Waals surface area contributed by atoms with Crippen LogP contribution in [0.4, 0.5) is 85.3 Å². The first-order chi connectivity index (χ1) is 56.7. The Balaban J connectivity index is 0.000000125. The molecule has 0 radical (unpaired) electrons. The molecule has 0 N–H and O–H groups in total. The van der Waals surface area contributed by atoms with Crippen LogP contribution in [0.1, 0.15) is 13.3 Å². The maximum Gasteiger partial charge on any atom is 0.119 e. The van der Waals surface area contributed by atoms with E-state index in [1.165, 1.54) is 38.6 Å². The van der Waals surface area contributed by atoms with E-state index in [9.17, 15) is 0 Å². The van der Waals surface area contributed by atoms with Crippen LogP contribution in [0.15, 0.2) is 443 Å². The van der Waals surface area contributed by atoms with Crippen LogP contribution in [0.2, 0.25) is 0 Å². The summed E-state index contributed by atoms with van der Waals surface area (Å²) in [5.74, 6) is 3.44. The zero-order chi connectivity index (χ0) is 79.2. The van der Waals surface area contributed by atoms with Crippen molar-refractivity contribution >= 4 is 107 Å². The van der Waals surface area contributed by atoms with Gasteiger partial charge in [0.15, 0.2) is 0 Å². The Kier molecular flexibility index (Phi) is 27.7. The number of hydrogen-bond acceptors (Lipinski definition) is 10. The summed E-state index contributed by atoms with van der Waals surface area (Å²) in [6.45, 7) is 2.68. The maximum atomic E-state index is 5.53. The third kappa shape index (κ3) is 20.6. The van der Waals surface area contributed by atoms with Gasteiger partial charge in [0, 0.05) is 104 Å². The Labute approximate surface area is 678 Å². The Morgan fingerprint density at radius 1 is 0.252 bits per heavy atom. The normalized spacial score (nSPS) is 11.6. The van der Waals surface area contributed by atoms with Crippen LogP contribution in [0.3, 0.4) is 0 Å². The van der Waals surface area contributed by atoms with Crippen molar-refractivity contribution in [3.63, 3.8) is 0 Å². The molecule has 0 aliphatic heterocycles. The molecule has 0 fully saturated rings. The monoisotopic (exact) mass is 1500 g/mol. The number of fused-ring (bicyclic) bond motifs is 2. The summed E-state index contributed by atoms with van der Waals surface area (Å²) >= 11 is 0. The van der Waals surface area contributed by atoms with Crippen LogP contribution in [-0.4, -0.2) is 48.1 Å². The molecule has 115 heavy (non-hydrogen) atoms. The molecule has 1 unspecified atom stereocenters. The van der Waals surface area contributed by atoms with E-state index in [2.05, 4.69) is 389 Å². The largest absolute Gasteiger partial charge is 0.497 e. The fourth-order valence-corrected chi connectivity index (χ4v) is 13.9. The van der Waals surface area contributed by atoms with Gasteiger partial charge in [-0.2, -0.15) is 0 Å². The molecule has 570 valence electrons. The molecule has 10 nitrogen and oxygen atoms in total. The number of ether oxygens (including phenoxy) is 4. The van der Waals surface area contributed by atoms with Crippen molar-refractivity contribution in [3.05, 3.63) is 443 Å². The average molecular weight is 1510 g/mol. The highest BCUT2D eigenvalue weighted by molar-refractivity contribution is 5.99. The van der Waals surface area contributed by atoms with E-state index in [4.69, 9.17) is 18.9 Å². The van der Waals surface area contributed by atoms with Crippen LogP contribution in [0.5, 0.6) is 23.0 Å². The fraction of sp³-hybridized carbons (Fsp3) is 0.0857. The molecule has 0 bridgehead atoms. The number of nitrogens with zero attached hydrogens (tertiary/aromatic N) is 6. The Morgan fingerprint density at radius 3 is 0.852 bits per heavy atom. The van der Waals surface area contributed by atoms with Gasteiger partial charge in [-0.25, -0.2) is 0 Å².